The molecule has 0 atom stereocenters. The summed E-state index contributed by atoms with van der Waals surface area (Å²) in [5, 5.41) is 0.693. The van der Waals surface area contributed by atoms with Crippen molar-refractivity contribution in [3.8, 4) is 17.0 Å². The van der Waals surface area contributed by atoms with Gasteiger partial charge in [0.05, 0.1) is 7.11 Å². The second kappa shape index (κ2) is 5.27. The Labute approximate surface area is 108 Å². The number of pyridine rings is 1. The van der Waals surface area contributed by atoms with E-state index in [0.29, 0.717) is 11.2 Å². The molecule has 0 saturated carbocycles. The van der Waals surface area contributed by atoms with Gasteiger partial charge in [0.1, 0.15) is 5.82 Å². The number of rotatable bonds is 3. The lowest BCUT2D eigenvalue weighted by molar-refractivity contribution is 0.399. The Bertz CT molecular complexity index is 491. The van der Waals surface area contributed by atoms with E-state index in [-0.39, 0.29) is 5.82 Å². The van der Waals surface area contributed by atoms with Crippen molar-refractivity contribution in [2.45, 2.75) is 5.33 Å². The summed E-state index contributed by atoms with van der Waals surface area (Å²) in [6.45, 7) is 0. The minimum Gasteiger partial charge on any atom is -0.481 e. The quantitative estimate of drug-likeness (QED) is 0.804. The molecule has 0 aliphatic carbocycles. The number of methoxy groups -OCH3 is 1. The lowest BCUT2D eigenvalue weighted by Crippen LogP contribution is -1.95. The minimum atomic E-state index is -0.253. The van der Waals surface area contributed by atoms with Crippen molar-refractivity contribution in [1.82, 2.24) is 4.98 Å². The lowest BCUT2D eigenvalue weighted by Gasteiger charge is -2.11. The Kier molecular flexibility index (Phi) is 3.74. The van der Waals surface area contributed by atoms with Crippen LogP contribution in [0.1, 0.15) is 5.56 Å². The zero-order valence-corrected chi connectivity index (χ0v) is 10.9. The van der Waals surface area contributed by atoms with Crippen molar-refractivity contribution >= 4 is 15.9 Å². The third kappa shape index (κ3) is 2.47. The first-order chi connectivity index (χ1) is 8.26. The molecule has 2 aromatic rings. The van der Waals surface area contributed by atoms with Crippen LogP contribution in [-0.2, 0) is 5.33 Å². The van der Waals surface area contributed by atoms with Gasteiger partial charge in [0.15, 0.2) is 0 Å². The van der Waals surface area contributed by atoms with E-state index in [1.165, 1.54) is 12.1 Å². The third-order valence-electron chi connectivity index (χ3n) is 2.47. The molecular formula is C13H11BrFNO. The molecule has 0 spiro atoms. The van der Waals surface area contributed by atoms with Crippen molar-refractivity contribution in [2.75, 3.05) is 7.11 Å². The second-order valence-electron chi connectivity index (χ2n) is 3.49. The van der Waals surface area contributed by atoms with Crippen LogP contribution in [0.4, 0.5) is 4.39 Å². The van der Waals surface area contributed by atoms with Gasteiger partial charge in [-0.05, 0) is 29.3 Å². The SMILES string of the molecule is COc1nccc(CBr)c1-c1ccc(F)cc1. The maximum Gasteiger partial charge on any atom is 0.221 e. The number of hydrogen-bond acceptors (Lipinski definition) is 2. The molecule has 4 heteroatoms. The fraction of sp³-hybridized carbons (Fsp3) is 0.154. The summed E-state index contributed by atoms with van der Waals surface area (Å²) >= 11 is 3.43. The summed E-state index contributed by atoms with van der Waals surface area (Å²) in [6.07, 6.45) is 1.70. The normalized spacial score (nSPS) is 10.3. The maximum atomic E-state index is 12.9. The summed E-state index contributed by atoms with van der Waals surface area (Å²) in [4.78, 5) is 4.17. The zero-order chi connectivity index (χ0) is 12.3. The molecule has 1 aromatic carbocycles. The predicted octanol–water partition coefficient (Wildman–Crippen LogP) is 3.79. The number of halogens is 2. The first kappa shape index (κ1) is 12.0. The Morgan fingerprint density at radius 3 is 2.53 bits per heavy atom. The topological polar surface area (TPSA) is 22.1 Å². The molecule has 1 heterocycles. The summed E-state index contributed by atoms with van der Waals surface area (Å²) in [5.41, 5.74) is 2.85. The highest BCUT2D eigenvalue weighted by Gasteiger charge is 2.11. The molecule has 17 heavy (non-hydrogen) atoms. The van der Waals surface area contributed by atoms with Crippen LogP contribution in [0.25, 0.3) is 11.1 Å². The molecule has 0 radical (unpaired) electrons. The number of nitrogens with zero attached hydrogens (tertiary/aromatic N) is 1. The summed E-state index contributed by atoms with van der Waals surface area (Å²) in [5.74, 6) is 0.297. The smallest absolute Gasteiger partial charge is 0.221 e. The van der Waals surface area contributed by atoms with Crippen LogP contribution in [0.3, 0.4) is 0 Å². The maximum absolute atomic E-state index is 12.9. The molecule has 0 amide bonds. The van der Waals surface area contributed by atoms with Gasteiger partial charge in [-0.15, -0.1) is 0 Å². The predicted molar refractivity (Wildman–Crippen MR) is 68.8 cm³/mol. The van der Waals surface area contributed by atoms with E-state index < -0.39 is 0 Å². The van der Waals surface area contributed by atoms with Gasteiger partial charge in [0.25, 0.3) is 0 Å². The standard InChI is InChI=1S/C13H11BrFNO/c1-17-13-12(10(8-14)6-7-16-13)9-2-4-11(15)5-3-9/h2-7H,8H2,1H3. The molecule has 0 unspecified atom stereocenters. The van der Waals surface area contributed by atoms with Gasteiger partial charge < -0.3 is 4.74 Å². The molecule has 1 aromatic heterocycles. The van der Waals surface area contributed by atoms with E-state index in [2.05, 4.69) is 20.9 Å². The van der Waals surface area contributed by atoms with Crippen molar-refractivity contribution in [3.63, 3.8) is 0 Å². The number of benzene rings is 1. The van der Waals surface area contributed by atoms with Gasteiger partial charge in [-0.1, -0.05) is 28.1 Å². The van der Waals surface area contributed by atoms with Crippen LogP contribution in [0.5, 0.6) is 5.88 Å². The number of aromatic nitrogens is 1. The zero-order valence-electron chi connectivity index (χ0n) is 9.28. The Hall–Kier alpha value is -1.42. The fourth-order valence-corrected chi connectivity index (χ4v) is 2.14. The van der Waals surface area contributed by atoms with E-state index in [1.54, 1.807) is 25.4 Å². The summed E-state index contributed by atoms with van der Waals surface area (Å²) < 4.78 is 18.2. The molecule has 0 aliphatic rings. The fourth-order valence-electron chi connectivity index (χ4n) is 1.67. The molecule has 0 fully saturated rings. The van der Waals surface area contributed by atoms with Crippen molar-refractivity contribution in [1.29, 1.82) is 0 Å². The lowest BCUT2D eigenvalue weighted by atomic mass is 10.0. The Morgan fingerprint density at radius 1 is 1.24 bits per heavy atom. The average molecular weight is 296 g/mol. The van der Waals surface area contributed by atoms with Crippen LogP contribution in [-0.4, -0.2) is 12.1 Å². The monoisotopic (exact) mass is 295 g/mol. The van der Waals surface area contributed by atoms with Gasteiger partial charge >= 0.3 is 0 Å². The van der Waals surface area contributed by atoms with E-state index >= 15 is 0 Å². The molecule has 0 saturated heterocycles. The van der Waals surface area contributed by atoms with E-state index in [1.807, 2.05) is 6.07 Å². The Balaban J connectivity index is 2.59. The number of hydrogen-bond donors (Lipinski definition) is 0. The van der Waals surface area contributed by atoms with Crippen molar-refractivity contribution in [3.05, 3.63) is 47.9 Å². The largest absolute Gasteiger partial charge is 0.481 e. The summed E-state index contributed by atoms with van der Waals surface area (Å²) in [7, 11) is 1.58. The van der Waals surface area contributed by atoms with E-state index in [9.17, 15) is 4.39 Å². The highest BCUT2D eigenvalue weighted by Crippen LogP contribution is 2.32. The van der Waals surface area contributed by atoms with Gasteiger partial charge in [-0.25, -0.2) is 9.37 Å². The third-order valence-corrected chi connectivity index (χ3v) is 3.08. The molecule has 0 aliphatic heterocycles. The van der Waals surface area contributed by atoms with Crippen LogP contribution in [0.2, 0.25) is 0 Å². The average Bonchev–Trinajstić information content (AvgIpc) is 2.38. The van der Waals surface area contributed by atoms with Gasteiger partial charge in [-0.3, -0.25) is 0 Å². The molecule has 88 valence electrons. The van der Waals surface area contributed by atoms with Gasteiger partial charge in [0.2, 0.25) is 5.88 Å². The first-order valence-electron chi connectivity index (χ1n) is 5.10. The molecule has 2 rings (SSSR count). The van der Waals surface area contributed by atoms with Gasteiger partial charge in [0, 0.05) is 17.1 Å². The number of alkyl halides is 1. The Morgan fingerprint density at radius 2 is 1.94 bits per heavy atom. The first-order valence-corrected chi connectivity index (χ1v) is 6.22. The van der Waals surface area contributed by atoms with Crippen LogP contribution in [0, 0.1) is 5.82 Å². The van der Waals surface area contributed by atoms with Gasteiger partial charge in [-0.2, -0.15) is 0 Å². The second-order valence-corrected chi connectivity index (χ2v) is 4.06. The highest BCUT2D eigenvalue weighted by molar-refractivity contribution is 9.08. The van der Waals surface area contributed by atoms with E-state index in [4.69, 9.17) is 4.74 Å². The molecule has 2 nitrogen and oxygen atoms in total. The van der Waals surface area contributed by atoms with Crippen molar-refractivity contribution < 1.29 is 9.13 Å². The van der Waals surface area contributed by atoms with Crippen LogP contribution < -0.4 is 4.74 Å². The van der Waals surface area contributed by atoms with Crippen LogP contribution in [0.15, 0.2) is 36.5 Å². The van der Waals surface area contributed by atoms with Crippen molar-refractivity contribution in [2.24, 2.45) is 0 Å². The highest BCUT2D eigenvalue weighted by atomic mass is 79.9. The van der Waals surface area contributed by atoms with E-state index in [0.717, 1.165) is 16.7 Å². The number of ether oxygens (including phenoxy) is 1. The minimum absolute atomic E-state index is 0.253. The molecule has 0 N–H and O–H groups in total. The molecule has 0 bridgehead atoms. The summed E-state index contributed by atoms with van der Waals surface area (Å²) in [6, 6.07) is 8.22. The molecular weight excluding hydrogens is 285 g/mol. The van der Waals surface area contributed by atoms with Crippen LogP contribution >= 0.6 is 15.9 Å².